The van der Waals surface area contributed by atoms with Gasteiger partial charge in [0, 0.05) is 31.5 Å². The summed E-state index contributed by atoms with van der Waals surface area (Å²) in [6, 6.07) is 0.241. The lowest BCUT2D eigenvalue weighted by Gasteiger charge is -2.31. The number of anilines is 1. The molecule has 0 radical (unpaired) electrons. The van der Waals surface area contributed by atoms with E-state index >= 15 is 0 Å². The van der Waals surface area contributed by atoms with E-state index in [-0.39, 0.29) is 11.7 Å². The normalized spacial score (nSPS) is 17.4. The van der Waals surface area contributed by atoms with E-state index in [2.05, 4.69) is 9.97 Å². The smallest absolute Gasteiger partial charge is 0.271 e. The number of primary amides is 1. The summed E-state index contributed by atoms with van der Waals surface area (Å²) in [5.74, 6) is 0.0277. The first-order valence-corrected chi connectivity index (χ1v) is 5.30. The van der Waals surface area contributed by atoms with Crippen LogP contribution in [-0.4, -0.2) is 35.0 Å². The Hall–Kier alpha value is -1.69. The average Bonchev–Trinajstić information content (AvgIpc) is 2.30. The lowest BCUT2D eigenvalue weighted by molar-refractivity contribution is 0.0995. The highest BCUT2D eigenvalue weighted by Crippen LogP contribution is 2.19. The van der Waals surface area contributed by atoms with Crippen molar-refractivity contribution in [3.05, 3.63) is 18.1 Å². The van der Waals surface area contributed by atoms with E-state index in [4.69, 9.17) is 11.5 Å². The van der Waals surface area contributed by atoms with Gasteiger partial charge in [0.05, 0.1) is 0 Å². The number of hydrogen-bond acceptors (Lipinski definition) is 5. The predicted octanol–water partition coefficient (Wildman–Crippen LogP) is -0.497. The van der Waals surface area contributed by atoms with Gasteiger partial charge in [0.25, 0.3) is 5.91 Å². The van der Waals surface area contributed by atoms with E-state index < -0.39 is 5.91 Å². The minimum atomic E-state index is -0.544. The summed E-state index contributed by atoms with van der Waals surface area (Å²) < 4.78 is 0. The molecule has 1 aromatic heterocycles. The molecule has 4 N–H and O–H groups in total. The highest BCUT2D eigenvalue weighted by molar-refractivity contribution is 5.95. The zero-order valence-corrected chi connectivity index (χ0v) is 8.97. The van der Waals surface area contributed by atoms with Gasteiger partial charge in [0.2, 0.25) is 0 Å². The van der Waals surface area contributed by atoms with Crippen molar-refractivity contribution in [1.29, 1.82) is 0 Å². The molecule has 6 heteroatoms. The molecule has 1 aliphatic rings. The van der Waals surface area contributed by atoms with E-state index in [1.54, 1.807) is 6.20 Å². The largest absolute Gasteiger partial charge is 0.364 e. The molecule has 0 aliphatic carbocycles. The van der Waals surface area contributed by atoms with Crippen molar-refractivity contribution in [3.8, 4) is 0 Å². The molecule has 0 saturated carbocycles. The van der Waals surface area contributed by atoms with E-state index in [1.807, 2.05) is 4.90 Å². The molecule has 1 amide bonds. The summed E-state index contributed by atoms with van der Waals surface area (Å²) >= 11 is 0. The van der Waals surface area contributed by atoms with Crippen LogP contribution in [0.3, 0.4) is 0 Å². The quantitative estimate of drug-likeness (QED) is 0.701. The van der Waals surface area contributed by atoms with Crippen LogP contribution in [0.4, 0.5) is 5.82 Å². The molecule has 0 unspecified atom stereocenters. The van der Waals surface area contributed by atoms with Crippen LogP contribution in [0.25, 0.3) is 0 Å². The fourth-order valence-electron chi connectivity index (χ4n) is 1.85. The van der Waals surface area contributed by atoms with E-state index in [9.17, 15) is 4.79 Å². The summed E-state index contributed by atoms with van der Waals surface area (Å²) in [5, 5.41) is 0. The summed E-state index contributed by atoms with van der Waals surface area (Å²) in [6.45, 7) is 1.58. The maximum atomic E-state index is 11.2. The highest BCUT2D eigenvalue weighted by Gasteiger charge is 2.21. The van der Waals surface area contributed by atoms with Gasteiger partial charge in [0.1, 0.15) is 0 Å². The van der Waals surface area contributed by atoms with Gasteiger partial charge < -0.3 is 16.4 Å². The van der Waals surface area contributed by atoms with Crippen molar-refractivity contribution < 1.29 is 4.79 Å². The summed E-state index contributed by atoms with van der Waals surface area (Å²) in [4.78, 5) is 21.3. The lowest BCUT2D eigenvalue weighted by Crippen LogP contribution is -2.41. The first-order chi connectivity index (χ1) is 7.68. The maximum Gasteiger partial charge on any atom is 0.271 e. The third-order valence-electron chi connectivity index (χ3n) is 2.75. The molecule has 1 fully saturated rings. The number of carbonyl (C=O) groups excluding carboxylic acids is 1. The first-order valence-electron chi connectivity index (χ1n) is 5.30. The van der Waals surface area contributed by atoms with Crippen LogP contribution in [0.5, 0.6) is 0 Å². The number of nitrogens with two attached hydrogens (primary N) is 2. The second-order valence-corrected chi connectivity index (χ2v) is 3.92. The summed E-state index contributed by atoms with van der Waals surface area (Å²) in [6.07, 6.45) is 4.83. The fraction of sp³-hybridized carbons (Fsp3) is 0.500. The minimum absolute atomic E-state index is 0.234. The first kappa shape index (κ1) is 10.8. The fourth-order valence-corrected chi connectivity index (χ4v) is 1.85. The van der Waals surface area contributed by atoms with Gasteiger partial charge in [-0.25, -0.2) is 9.97 Å². The molecule has 86 valence electrons. The number of piperidine rings is 1. The van der Waals surface area contributed by atoms with Gasteiger partial charge in [-0.3, -0.25) is 4.79 Å². The molecule has 6 nitrogen and oxygen atoms in total. The third-order valence-corrected chi connectivity index (χ3v) is 2.75. The lowest BCUT2D eigenvalue weighted by atomic mass is 10.1. The standard InChI is InChI=1S/C10H15N5O/c11-7-1-5-15(6-2-7)10-8(9(12)16)13-3-4-14-10/h3-4,7H,1-2,5-6,11H2,(H2,12,16). The summed E-state index contributed by atoms with van der Waals surface area (Å²) in [5.41, 5.74) is 11.3. The number of hydrogen-bond donors (Lipinski definition) is 2. The van der Waals surface area contributed by atoms with Gasteiger partial charge in [-0.2, -0.15) is 0 Å². The molecule has 2 rings (SSSR count). The summed E-state index contributed by atoms with van der Waals surface area (Å²) in [7, 11) is 0. The number of nitrogens with zero attached hydrogens (tertiary/aromatic N) is 3. The molecular weight excluding hydrogens is 206 g/mol. The third kappa shape index (κ3) is 2.11. The molecule has 0 spiro atoms. The Balaban J connectivity index is 2.23. The minimum Gasteiger partial charge on any atom is -0.364 e. The number of carbonyl (C=O) groups is 1. The van der Waals surface area contributed by atoms with Crippen molar-refractivity contribution >= 4 is 11.7 Å². The molecule has 1 aromatic rings. The zero-order valence-electron chi connectivity index (χ0n) is 8.97. The maximum absolute atomic E-state index is 11.2. The predicted molar refractivity (Wildman–Crippen MR) is 60.0 cm³/mol. The Morgan fingerprint density at radius 1 is 1.31 bits per heavy atom. The SMILES string of the molecule is NC(=O)c1nccnc1N1CCC(N)CC1. The van der Waals surface area contributed by atoms with Crippen LogP contribution in [-0.2, 0) is 0 Å². The second-order valence-electron chi connectivity index (χ2n) is 3.92. The number of aromatic nitrogens is 2. The van der Waals surface area contributed by atoms with Crippen LogP contribution in [0.2, 0.25) is 0 Å². The van der Waals surface area contributed by atoms with Crippen molar-refractivity contribution in [2.24, 2.45) is 11.5 Å². The molecule has 0 bridgehead atoms. The van der Waals surface area contributed by atoms with Crippen LogP contribution in [0.15, 0.2) is 12.4 Å². The molecule has 0 atom stereocenters. The second kappa shape index (κ2) is 4.44. The molecule has 1 saturated heterocycles. The number of rotatable bonds is 2. The topological polar surface area (TPSA) is 98.1 Å². The van der Waals surface area contributed by atoms with Crippen molar-refractivity contribution in [1.82, 2.24) is 9.97 Å². The van der Waals surface area contributed by atoms with Crippen molar-refractivity contribution in [3.63, 3.8) is 0 Å². The van der Waals surface area contributed by atoms with Crippen LogP contribution in [0, 0.1) is 0 Å². The monoisotopic (exact) mass is 221 g/mol. The van der Waals surface area contributed by atoms with Crippen LogP contribution in [0.1, 0.15) is 23.3 Å². The van der Waals surface area contributed by atoms with Gasteiger partial charge in [-0.1, -0.05) is 0 Å². The Kier molecular flexibility index (Phi) is 3.00. The van der Waals surface area contributed by atoms with Crippen molar-refractivity contribution in [2.75, 3.05) is 18.0 Å². The highest BCUT2D eigenvalue weighted by atomic mass is 16.1. The Labute approximate surface area is 93.7 Å². The Bertz CT molecular complexity index is 387. The Morgan fingerprint density at radius 3 is 2.56 bits per heavy atom. The average molecular weight is 221 g/mol. The molecule has 1 aliphatic heterocycles. The van der Waals surface area contributed by atoms with E-state index in [0.717, 1.165) is 25.9 Å². The molecular formula is C10H15N5O. The van der Waals surface area contributed by atoms with Gasteiger partial charge in [0.15, 0.2) is 11.5 Å². The van der Waals surface area contributed by atoms with Gasteiger partial charge >= 0.3 is 0 Å². The van der Waals surface area contributed by atoms with Crippen LogP contribution < -0.4 is 16.4 Å². The molecule has 2 heterocycles. The van der Waals surface area contributed by atoms with E-state index in [1.165, 1.54) is 6.20 Å². The van der Waals surface area contributed by atoms with E-state index in [0.29, 0.717) is 5.82 Å². The van der Waals surface area contributed by atoms with Crippen molar-refractivity contribution in [2.45, 2.75) is 18.9 Å². The van der Waals surface area contributed by atoms with Crippen LogP contribution >= 0.6 is 0 Å². The zero-order chi connectivity index (χ0) is 11.5. The molecule has 16 heavy (non-hydrogen) atoms. The molecule has 0 aromatic carbocycles. The van der Waals surface area contributed by atoms with Gasteiger partial charge in [-0.05, 0) is 12.8 Å². The number of amides is 1. The van der Waals surface area contributed by atoms with Gasteiger partial charge in [-0.15, -0.1) is 0 Å². The Morgan fingerprint density at radius 2 is 1.94 bits per heavy atom.